The first kappa shape index (κ1) is 27.8. The number of carboxylic acid groups (broad SMARTS) is 1. The Labute approximate surface area is 208 Å². The van der Waals surface area contributed by atoms with Gasteiger partial charge in [-0.15, -0.1) is 0 Å². The molecule has 2 aromatic rings. The predicted molar refractivity (Wildman–Crippen MR) is 127 cm³/mol. The molecule has 36 heavy (non-hydrogen) atoms. The highest BCUT2D eigenvalue weighted by Gasteiger charge is 2.44. The lowest BCUT2D eigenvalue weighted by Crippen LogP contribution is -2.50. The second kappa shape index (κ2) is 12.0. The van der Waals surface area contributed by atoms with Gasteiger partial charge in [0.1, 0.15) is 0 Å². The molecule has 1 N–H and O–H groups in total. The van der Waals surface area contributed by atoms with Gasteiger partial charge < -0.3 is 24.4 Å². The number of aliphatic carboxylic acids is 1. The van der Waals surface area contributed by atoms with E-state index in [1.54, 1.807) is 13.3 Å². The number of likely N-dealkylation sites (N-methyl/N-ethyl adjacent to an activating group) is 1. The highest BCUT2D eigenvalue weighted by Crippen LogP contribution is 2.38. The van der Waals surface area contributed by atoms with Crippen molar-refractivity contribution in [3.8, 4) is 0 Å². The summed E-state index contributed by atoms with van der Waals surface area (Å²) >= 11 is 0. The Hall–Kier alpha value is -2.76. The number of para-hydroxylation sites is 1. The summed E-state index contributed by atoms with van der Waals surface area (Å²) in [7, 11) is 3.87. The monoisotopic (exact) mass is 511 g/mol. The zero-order chi connectivity index (χ0) is 26.3. The first-order chi connectivity index (χ1) is 17.0. The van der Waals surface area contributed by atoms with Gasteiger partial charge in [-0.3, -0.25) is 9.78 Å². The molecule has 1 aromatic carbocycles. The number of carboxylic acids is 1. The van der Waals surface area contributed by atoms with Crippen LogP contribution in [0.4, 0.5) is 13.2 Å². The number of alkyl halides is 3. The van der Waals surface area contributed by atoms with E-state index in [1.165, 1.54) is 0 Å². The normalized spacial score (nSPS) is 22.1. The third-order valence-electron chi connectivity index (χ3n) is 6.44. The lowest BCUT2D eigenvalue weighted by Gasteiger charge is -2.40. The van der Waals surface area contributed by atoms with Crippen molar-refractivity contribution in [2.75, 3.05) is 53.6 Å². The van der Waals surface area contributed by atoms with Gasteiger partial charge in [-0.05, 0) is 44.4 Å². The summed E-state index contributed by atoms with van der Waals surface area (Å²) < 4.78 is 43.2. The van der Waals surface area contributed by atoms with Gasteiger partial charge in [0.15, 0.2) is 0 Å². The molecular weight excluding hydrogens is 479 g/mol. The van der Waals surface area contributed by atoms with Crippen molar-refractivity contribution in [1.29, 1.82) is 0 Å². The van der Waals surface area contributed by atoms with E-state index < -0.39 is 12.1 Å². The summed E-state index contributed by atoms with van der Waals surface area (Å²) in [6.45, 7) is 4.92. The number of halogens is 3. The summed E-state index contributed by atoms with van der Waals surface area (Å²) in [6, 6.07) is 9.86. The first-order valence-electron chi connectivity index (χ1n) is 11.8. The van der Waals surface area contributed by atoms with Gasteiger partial charge in [-0.1, -0.05) is 18.2 Å². The molecule has 4 rings (SSSR count). The quantitative estimate of drug-likeness (QED) is 0.635. The highest BCUT2D eigenvalue weighted by atomic mass is 19.4. The van der Waals surface area contributed by atoms with Crippen LogP contribution in [0.3, 0.4) is 0 Å². The molecule has 198 valence electrons. The Morgan fingerprint density at radius 3 is 2.75 bits per heavy atom. The molecule has 11 heteroatoms. The van der Waals surface area contributed by atoms with E-state index >= 15 is 0 Å². The van der Waals surface area contributed by atoms with Crippen LogP contribution in [0.2, 0.25) is 0 Å². The Morgan fingerprint density at radius 2 is 2.06 bits per heavy atom. The van der Waals surface area contributed by atoms with Crippen LogP contribution in [0.15, 0.2) is 36.5 Å². The number of hydrogen-bond donors (Lipinski definition) is 1. The number of fused-ring (bicyclic) bond motifs is 1. The van der Waals surface area contributed by atoms with Crippen molar-refractivity contribution in [3.05, 3.63) is 42.1 Å². The van der Waals surface area contributed by atoms with Crippen LogP contribution in [0, 0.1) is 5.92 Å². The fraction of sp³-hybridized carbons (Fsp3) is 0.560. The maximum atomic E-state index is 13.2. The van der Waals surface area contributed by atoms with E-state index in [0.717, 1.165) is 63.0 Å². The number of benzene rings is 1. The van der Waals surface area contributed by atoms with Crippen molar-refractivity contribution in [1.82, 2.24) is 14.8 Å². The number of piperidine rings is 1. The van der Waals surface area contributed by atoms with Crippen LogP contribution in [0.25, 0.3) is 10.9 Å². The van der Waals surface area contributed by atoms with E-state index in [4.69, 9.17) is 19.4 Å². The van der Waals surface area contributed by atoms with Gasteiger partial charge in [-0.25, -0.2) is 4.79 Å². The lowest BCUT2D eigenvalue weighted by atomic mass is 9.86. The minimum absolute atomic E-state index is 0.0617. The molecule has 1 amide bonds. The number of carbonyl (C=O) groups is 2. The molecule has 2 atom stereocenters. The average molecular weight is 512 g/mol. The van der Waals surface area contributed by atoms with E-state index in [2.05, 4.69) is 16.9 Å². The van der Waals surface area contributed by atoms with E-state index in [-0.39, 0.29) is 11.5 Å². The third-order valence-corrected chi connectivity index (χ3v) is 6.44. The van der Waals surface area contributed by atoms with Crippen LogP contribution in [-0.4, -0.2) is 97.1 Å². The first-order valence-corrected chi connectivity index (χ1v) is 11.8. The molecule has 2 aliphatic rings. The topological polar surface area (TPSA) is 92.2 Å². The molecule has 2 saturated heterocycles. The molecule has 0 saturated carbocycles. The van der Waals surface area contributed by atoms with Gasteiger partial charge in [0.2, 0.25) is 0 Å². The van der Waals surface area contributed by atoms with Gasteiger partial charge in [0, 0.05) is 44.9 Å². The molecule has 2 fully saturated rings. The number of carbonyl (C=O) groups excluding carboxylic acids is 1. The van der Waals surface area contributed by atoms with Gasteiger partial charge in [-0.2, -0.15) is 13.2 Å². The average Bonchev–Trinajstić information content (AvgIpc) is 3.22. The maximum Gasteiger partial charge on any atom is 0.490 e. The number of amides is 1. The summed E-state index contributed by atoms with van der Waals surface area (Å²) in [5.41, 5.74) is 1.39. The Morgan fingerprint density at radius 1 is 1.33 bits per heavy atom. The zero-order valence-corrected chi connectivity index (χ0v) is 20.5. The van der Waals surface area contributed by atoms with Crippen molar-refractivity contribution in [2.45, 2.75) is 31.0 Å². The molecule has 0 radical (unpaired) electrons. The second-order valence-electron chi connectivity index (χ2n) is 9.37. The number of pyridine rings is 1. The smallest absolute Gasteiger partial charge is 0.475 e. The molecule has 0 bridgehead atoms. The predicted octanol–water partition coefficient (Wildman–Crippen LogP) is 3.46. The summed E-state index contributed by atoms with van der Waals surface area (Å²) in [4.78, 5) is 30.8. The highest BCUT2D eigenvalue weighted by molar-refractivity contribution is 5.97. The largest absolute Gasteiger partial charge is 0.490 e. The minimum atomic E-state index is -5.08. The minimum Gasteiger partial charge on any atom is -0.475 e. The van der Waals surface area contributed by atoms with Crippen molar-refractivity contribution in [2.24, 2.45) is 5.92 Å². The zero-order valence-electron chi connectivity index (χ0n) is 20.5. The fourth-order valence-corrected chi connectivity index (χ4v) is 4.76. The fourth-order valence-electron chi connectivity index (χ4n) is 4.76. The summed E-state index contributed by atoms with van der Waals surface area (Å²) in [5, 5.41) is 8.13. The second-order valence-corrected chi connectivity index (χ2v) is 9.37. The number of likely N-dealkylation sites (tertiary alicyclic amines) is 1. The van der Waals surface area contributed by atoms with Crippen molar-refractivity contribution >= 4 is 22.8 Å². The van der Waals surface area contributed by atoms with E-state index in [9.17, 15) is 18.0 Å². The Balaban J connectivity index is 0.000000454. The molecule has 0 aliphatic carbocycles. The molecule has 2 unspecified atom stereocenters. The van der Waals surface area contributed by atoms with Gasteiger partial charge in [0.25, 0.3) is 5.91 Å². The molecule has 3 heterocycles. The Bertz CT molecular complexity index is 1050. The summed E-state index contributed by atoms with van der Waals surface area (Å²) in [5.74, 6) is -2.19. The third kappa shape index (κ3) is 7.37. The number of methoxy groups -OCH3 is 1. The van der Waals surface area contributed by atoms with Crippen molar-refractivity contribution in [3.63, 3.8) is 0 Å². The van der Waals surface area contributed by atoms with Gasteiger partial charge >= 0.3 is 12.1 Å². The SMILES string of the molecule is COCCN(C)CC1COC2(CCCN(C(=O)c3cnc4ccccc4c3)C2)C1.O=C(O)C(F)(F)F. The van der Waals surface area contributed by atoms with Crippen LogP contribution < -0.4 is 0 Å². The number of nitrogens with zero attached hydrogens (tertiary/aromatic N) is 3. The number of aromatic nitrogens is 1. The number of hydrogen-bond acceptors (Lipinski definition) is 6. The Kier molecular flexibility index (Phi) is 9.26. The number of rotatable bonds is 6. The van der Waals surface area contributed by atoms with E-state index in [1.807, 2.05) is 35.2 Å². The van der Waals surface area contributed by atoms with Crippen LogP contribution in [0.5, 0.6) is 0 Å². The molecular formula is C25H32F3N3O5. The molecule has 2 aliphatic heterocycles. The van der Waals surface area contributed by atoms with Crippen LogP contribution in [-0.2, 0) is 14.3 Å². The standard InChI is InChI=1S/C23H31N3O3.C2HF3O2/c1-25(10-11-28-2)15-18-13-23(29-16-18)8-5-9-26(17-23)22(27)20-12-19-6-3-4-7-21(19)24-14-20;3-2(4,5)1(6)7/h3-4,6-7,12,14,18H,5,8-11,13,15-17H2,1-2H3;(H,6,7). The summed E-state index contributed by atoms with van der Waals surface area (Å²) in [6.07, 6.45) is -0.344. The molecule has 1 aromatic heterocycles. The maximum absolute atomic E-state index is 13.2. The lowest BCUT2D eigenvalue weighted by molar-refractivity contribution is -0.192. The number of ether oxygens (including phenoxy) is 2. The van der Waals surface area contributed by atoms with E-state index in [0.29, 0.717) is 18.0 Å². The van der Waals surface area contributed by atoms with Crippen LogP contribution >= 0.6 is 0 Å². The van der Waals surface area contributed by atoms with Crippen LogP contribution in [0.1, 0.15) is 29.6 Å². The molecule has 8 nitrogen and oxygen atoms in total. The molecule has 1 spiro atoms. The van der Waals surface area contributed by atoms with Gasteiger partial charge in [0.05, 0.1) is 29.9 Å². The van der Waals surface area contributed by atoms with Crippen molar-refractivity contribution < 1.29 is 37.3 Å².